The maximum absolute atomic E-state index is 14.1. The summed E-state index contributed by atoms with van der Waals surface area (Å²) in [7, 11) is -2.21. The lowest BCUT2D eigenvalue weighted by Gasteiger charge is -2.27. The van der Waals surface area contributed by atoms with E-state index in [-0.39, 0.29) is 23.2 Å². The predicted octanol–water partition coefficient (Wildman–Crippen LogP) is 12.0. The average Bonchev–Trinajstić information content (AvgIpc) is 3.85. The molecule has 3 heterocycles. The topological polar surface area (TPSA) is 94.0 Å². The van der Waals surface area contributed by atoms with Crippen LogP contribution >= 0.6 is 0 Å². The van der Waals surface area contributed by atoms with Gasteiger partial charge in [0.2, 0.25) is 5.69 Å². The highest BCUT2D eigenvalue weighted by Crippen LogP contribution is 2.48. The minimum absolute atomic E-state index is 0.179. The van der Waals surface area contributed by atoms with Crippen molar-refractivity contribution in [3.05, 3.63) is 137 Å². The zero-order chi connectivity index (χ0) is 45.9. The van der Waals surface area contributed by atoms with Gasteiger partial charge in [0.25, 0.3) is 10.1 Å². The van der Waals surface area contributed by atoms with Crippen molar-refractivity contribution >= 4 is 33.3 Å². The number of benzene rings is 2. The number of para-hydroxylation sites is 2. The summed E-state index contributed by atoms with van der Waals surface area (Å²) in [6.45, 7) is 16.3. The van der Waals surface area contributed by atoms with Crippen molar-refractivity contribution in [1.29, 1.82) is 0 Å². The molecule has 2 aliphatic heterocycles. The Labute approximate surface area is 384 Å². The van der Waals surface area contributed by atoms with Crippen molar-refractivity contribution in [3.63, 3.8) is 0 Å². The molecule has 0 atom stereocenters. The number of amides is 1. The molecule has 0 saturated heterocycles. The SMILES string of the molecule is CCCCCCCC[n+]1ccc(COC(=O)N(C)C2=C(/C=C/C3=[N+](CCCCC)c4ccccc4C3(C)C)CC/C2=C\C=C2\N(CCCCS(=O)(=O)O)c3ccccc3C2(C)C)cc1. The summed E-state index contributed by atoms with van der Waals surface area (Å²) in [6.07, 6.45) is 26.2. The summed E-state index contributed by atoms with van der Waals surface area (Å²) in [5.74, 6) is -0.260. The molecule has 9 nitrogen and oxygen atoms in total. The fourth-order valence-electron chi connectivity index (χ4n) is 9.81. The van der Waals surface area contributed by atoms with Gasteiger partial charge in [-0.2, -0.15) is 13.0 Å². The normalized spacial score (nSPS) is 17.9. The zero-order valence-corrected chi connectivity index (χ0v) is 40.6. The first-order chi connectivity index (χ1) is 30.7. The van der Waals surface area contributed by atoms with Crippen molar-refractivity contribution in [2.75, 3.05) is 30.8 Å². The second kappa shape index (κ2) is 21.9. The van der Waals surface area contributed by atoms with E-state index in [2.05, 4.69) is 135 Å². The molecule has 0 spiro atoms. The Hall–Kier alpha value is -4.80. The first-order valence-corrected chi connectivity index (χ1v) is 25.6. The quantitative estimate of drug-likeness (QED) is 0.0613. The molecule has 1 aromatic heterocycles. The van der Waals surface area contributed by atoms with E-state index < -0.39 is 16.2 Å². The second-order valence-corrected chi connectivity index (χ2v) is 20.5. The van der Waals surface area contributed by atoms with Gasteiger partial charge in [-0.1, -0.05) is 108 Å². The number of allylic oxidation sites excluding steroid dienone is 7. The lowest BCUT2D eigenvalue weighted by molar-refractivity contribution is -0.697. The van der Waals surface area contributed by atoms with Gasteiger partial charge in [-0.25, -0.2) is 9.36 Å². The van der Waals surface area contributed by atoms with Crippen molar-refractivity contribution < 1.29 is 31.6 Å². The molecule has 1 N–H and O–H groups in total. The predicted molar refractivity (Wildman–Crippen MR) is 261 cm³/mol. The minimum atomic E-state index is -4.03. The van der Waals surface area contributed by atoms with Gasteiger partial charge in [0, 0.05) is 78.6 Å². The minimum Gasteiger partial charge on any atom is -0.444 e. The molecular weight excluding hydrogens is 817 g/mol. The van der Waals surface area contributed by atoms with Crippen LogP contribution in [-0.2, 0) is 38.8 Å². The number of rotatable bonds is 22. The fourth-order valence-corrected chi connectivity index (χ4v) is 10.4. The monoisotopic (exact) mass is 891 g/mol. The lowest BCUT2D eigenvalue weighted by Crippen LogP contribution is -2.32. The summed E-state index contributed by atoms with van der Waals surface area (Å²) >= 11 is 0. The Kier molecular flexibility index (Phi) is 16.7. The number of unbranched alkanes of at least 4 members (excludes halogenated alkanes) is 8. The van der Waals surface area contributed by atoms with E-state index in [1.807, 2.05) is 25.2 Å². The Morgan fingerprint density at radius 2 is 1.44 bits per heavy atom. The van der Waals surface area contributed by atoms with Crippen LogP contribution < -0.4 is 9.47 Å². The van der Waals surface area contributed by atoms with Gasteiger partial charge < -0.3 is 9.64 Å². The van der Waals surface area contributed by atoms with Crippen molar-refractivity contribution in [1.82, 2.24) is 4.90 Å². The first-order valence-electron chi connectivity index (χ1n) is 24.0. The number of ether oxygens (including phenoxy) is 1. The first kappa shape index (κ1) is 48.7. The van der Waals surface area contributed by atoms with Gasteiger partial charge in [-0.15, -0.1) is 0 Å². The molecule has 64 heavy (non-hydrogen) atoms. The van der Waals surface area contributed by atoms with Gasteiger partial charge in [-0.3, -0.25) is 9.45 Å². The Morgan fingerprint density at radius 3 is 2.17 bits per heavy atom. The second-order valence-electron chi connectivity index (χ2n) is 18.9. The van der Waals surface area contributed by atoms with Gasteiger partial charge >= 0.3 is 6.09 Å². The van der Waals surface area contributed by atoms with Gasteiger partial charge in [0.15, 0.2) is 18.1 Å². The van der Waals surface area contributed by atoms with E-state index in [9.17, 15) is 17.8 Å². The molecule has 344 valence electrons. The van der Waals surface area contributed by atoms with Crippen LogP contribution in [0.1, 0.15) is 142 Å². The van der Waals surface area contributed by atoms with Crippen LogP contribution in [0, 0.1) is 0 Å². The van der Waals surface area contributed by atoms with Crippen molar-refractivity contribution in [2.45, 2.75) is 149 Å². The molecule has 1 aliphatic carbocycles. The molecular formula is C54H74N4O5S+2. The molecule has 0 radical (unpaired) electrons. The van der Waals surface area contributed by atoms with Crippen LogP contribution in [0.2, 0.25) is 0 Å². The maximum atomic E-state index is 14.1. The molecule has 1 amide bonds. The van der Waals surface area contributed by atoms with E-state index in [4.69, 9.17) is 4.74 Å². The fraction of sp³-hybridized carbons (Fsp3) is 0.500. The molecule has 3 aromatic rings. The molecule has 0 unspecified atom stereocenters. The Balaban J connectivity index is 1.31. The summed E-state index contributed by atoms with van der Waals surface area (Å²) in [6, 6.07) is 21.2. The standard InChI is InChI=1S/C54H73N4O5S/c1-8-10-12-13-14-20-35-56-38-33-42(34-39-56)41-63-52(59)55(7)51-43(29-31-49-53(3,4)45-23-15-17-25-47(45)57(49)36-19-11-9-2)27-28-44(51)30-32-50-54(5,6)46-24-16-18-26-48(46)58(50)37-21-22-40-64(60,61)62/h15-18,23-26,29-34,38-39H,8-14,19-22,27-28,35-37,40-41H2,1-7H3/q+1/p+1. The largest absolute Gasteiger partial charge is 0.444 e. The van der Waals surface area contributed by atoms with Crippen molar-refractivity contribution in [2.24, 2.45) is 0 Å². The Morgan fingerprint density at radius 1 is 0.781 bits per heavy atom. The number of hydrogen-bond donors (Lipinski definition) is 1. The number of likely N-dealkylation sites (N-methyl/N-ethyl adjacent to an activating group) is 1. The molecule has 0 bridgehead atoms. The van der Waals surface area contributed by atoms with E-state index in [1.54, 1.807) is 4.90 Å². The number of carbonyl (C=O) groups is 1. The van der Waals surface area contributed by atoms with Crippen LogP contribution in [0.25, 0.3) is 0 Å². The van der Waals surface area contributed by atoms with Gasteiger partial charge in [-0.05, 0) is 81.2 Å². The molecule has 3 aliphatic rings. The number of fused-ring (bicyclic) bond motifs is 2. The number of nitrogens with zero attached hydrogens (tertiary/aromatic N) is 4. The Bertz CT molecular complexity index is 2370. The molecule has 6 rings (SSSR count). The van der Waals surface area contributed by atoms with Gasteiger partial charge in [0.05, 0.1) is 16.9 Å². The van der Waals surface area contributed by atoms with Crippen LogP contribution in [0.4, 0.5) is 16.2 Å². The highest BCUT2D eigenvalue weighted by molar-refractivity contribution is 7.85. The summed E-state index contributed by atoms with van der Waals surface area (Å²) in [5.41, 5.74) is 10.7. The van der Waals surface area contributed by atoms with Crippen LogP contribution in [-0.4, -0.2) is 60.1 Å². The van der Waals surface area contributed by atoms with Crippen LogP contribution in [0.15, 0.2) is 120 Å². The van der Waals surface area contributed by atoms with E-state index >= 15 is 0 Å². The third-order valence-electron chi connectivity index (χ3n) is 13.5. The lowest BCUT2D eigenvalue weighted by atomic mass is 9.81. The number of pyridine rings is 1. The zero-order valence-electron chi connectivity index (χ0n) is 39.7. The third kappa shape index (κ3) is 11.7. The van der Waals surface area contributed by atoms with E-state index in [1.165, 1.54) is 61.1 Å². The molecule has 0 fully saturated rings. The number of aromatic nitrogens is 1. The number of aryl methyl sites for hydroxylation is 1. The molecule has 10 heteroatoms. The molecule has 0 saturated carbocycles. The number of anilines is 1. The third-order valence-corrected chi connectivity index (χ3v) is 14.3. The highest BCUT2D eigenvalue weighted by atomic mass is 32.2. The van der Waals surface area contributed by atoms with Crippen molar-refractivity contribution in [3.8, 4) is 0 Å². The summed E-state index contributed by atoms with van der Waals surface area (Å²) in [4.78, 5) is 18.1. The molecule has 2 aromatic carbocycles. The highest BCUT2D eigenvalue weighted by Gasteiger charge is 2.44. The van der Waals surface area contributed by atoms with E-state index in [0.717, 1.165) is 79.0 Å². The average molecular weight is 891 g/mol. The number of hydrogen-bond acceptors (Lipinski definition) is 5. The smallest absolute Gasteiger partial charge is 0.414 e. The summed E-state index contributed by atoms with van der Waals surface area (Å²) < 4.78 is 43.2. The summed E-state index contributed by atoms with van der Waals surface area (Å²) in [5, 5.41) is 0. The van der Waals surface area contributed by atoms with E-state index in [0.29, 0.717) is 19.4 Å². The van der Waals surface area contributed by atoms with Gasteiger partial charge in [0.1, 0.15) is 19.7 Å². The maximum Gasteiger partial charge on any atom is 0.414 e. The van der Waals surface area contributed by atoms with Crippen LogP contribution in [0.3, 0.4) is 0 Å². The number of carbonyl (C=O) groups excluding carboxylic acids is 1. The van der Waals surface area contributed by atoms with Crippen LogP contribution in [0.5, 0.6) is 0 Å².